The highest BCUT2D eigenvalue weighted by molar-refractivity contribution is 8.13. The topological polar surface area (TPSA) is 84.1 Å². The van der Waals surface area contributed by atoms with Crippen LogP contribution in [0.15, 0.2) is 40.1 Å². The molecule has 28 heavy (non-hydrogen) atoms. The number of benzene rings is 1. The quantitative estimate of drug-likeness (QED) is 0.491. The Morgan fingerprint density at radius 1 is 1.43 bits per heavy atom. The first-order valence-corrected chi connectivity index (χ1v) is 11.4. The van der Waals surface area contributed by atoms with E-state index in [1.54, 1.807) is 11.3 Å². The van der Waals surface area contributed by atoms with Gasteiger partial charge in [0.15, 0.2) is 5.17 Å². The van der Waals surface area contributed by atoms with Crippen LogP contribution in [0.3, 0.4) is 0 Å². The van der Waals surface area contributed by atoms with Crippen LogP contribution in [-0.2, 0) is 18.6 Å². The molecule has 7 heteroatoms. The molecular weight excluding hydrogens is 388 g/mol. The molecule has 0 aliphatic heterocycles. The summed E-state index contributed by atoms with van der Waals surface area (Å²) in [6, 6.07) is 10.1. The molecule has 0 bridgehead atoms. The number of thioether (sulfide) groups is 1. The van der Waals surface area contributed by atoms with E-state index in [2.05, 4.69) is 16.9 Å². The number of aliphatic imine (C=N–C) groups is 1. The molecule has 1 aromatic carbocycles. The van der Waals surface area contributed by atoms with E-state index in [1.165, 1.54) is 22.2 Å². The lowest BCUT2D eigenvalue weighted by atomic mass is 9.89. The summed E-state index contributed by atoms with van der Waals surface area (Å²) in [6.07, 6.45) is 3.17. The summed E-state index contributed by atoms with van der Waals surface area (Å²) in [4.78, 5) is 27.0. The lowest BCUT2D eigenvalue weighted by molar-refractivity contribution is 0.509. The van der Waals surface area contributed by atoms with Crippen LogP contribution >= 0.6 is 23.1 Å². The van der Waals surface area contributed by atoms with Crippen LogP contribution in [0.5, 0.6) is 0 Å². The van der Waals surface area contributed by atoms with Gasteiger partial charge < -0.3 is 10.7 Å². The summed E-state index contributed by atoms with van der Waals surface area (Å²) < 4.78 is 0. The molecule has 0 radical (unpaired) electrons. The first-order valence-electron chi connectivity index (χ1n) is 9.55. The molecule has 3 N–H and O–H groups in total. The number of rotatable bonds is 4. The lowest BCUT2D eigenvalue weighted by Crippen LogP contribution is -2.15. The van der Waals surface area contributed by atoms with Crippen molar-refractivity contribution in [1.82, 2.24) is 9.97 Å². The molecule has 2 atom stereocenters. The van der Waals surface area contributed by atoms with Gasteiger partial charge in [-0.2, -0.15) is 0 Å². The molecule has 0 fully saturated rings. The van der Waals surface area contributed by atoms with Crippen molar-refractivity contribution in [2.24, 2.45) is 16.6 Å². The Bertz CT molecular complexity index is 1070. The maximum Gasteiger partial charge on any atom is 0.259 e. The van der Waals surface area contributed by atoms with E-state index in [9.17, 15) is 4.79 Å². The highest BCUT2D eigenvalue weighted by Gasteiger charge is 2.23. The van der Waals surface area contributed by atoms with Crippen LogP contribution in [0.2, 0.25) is 0 Å². The third kappa shape index (κ3) is 4.00. The lowest BCUT2D eigenvalue weighted by Gasteiger charge is -2.17. The van der Waals surface area contributed by atoms with Crippen molar-refractivity contribution in [1.29, 1.82) is 0 Å². The number of amidine groups is 1. The summed E-state index contributed by atoms with van der Waals surface area (Å²) in [5.41, 5.74) is 8.41. The highest BCUT2D eigenvalue weighted by Crippen LogP contribution is 2.35. The number of H-pyrrole nitrogens is 1. The molecule has 3 aromatic rings. The Hall–Kier alpha value is -2.12. The molecule has 1 aliphatic carbocycles. The number of thiophene rings is 1. The van der Waals surface area contributed by atoms with Crippen LogP contribution in [0.25, 0.3) is 10.2 Å². The van der Waals surface area contributed by atoms with E-state index in [0.29, 0.717) is 22.7 Å². The second-order valence-electron chi connectivity index (χ2n) is 7.39. The Morgan fingerprint density at radius 3 is 3.00 bits per heavy atom. The molecule has 0 saturated carbocycles. The van der Waals surface area contributed by atoms with Gasteiger partial charge in [0.05, 0.1) is 17.2 Å². The van der Waals surface area contributed by atoms with Crippen LogP contribution < -0.4 is 11.3 Å². The Balaban J connectivity index is 1.51. The molecule has 2 aromatic heterocycles. The zero-order valence-corrected chi connectivity index (χ0v) is 17.7. The van der Waals surface area contributed by atoms with E-state index in [-0.39, 0.29) is 11.6 Å². The van der Waals surface area contributed by atoms with Crippen molar-refractivity contribution in [2.45, 2.75) is 44.9 Å². The predicted molar refractivity (Wildman–Crippen MR) is 119 cm³/mol. The average molecular weight is 413 g/mol. The molecule has 0 saturated heterocycles. The van der Waals surface area contributed by atoms with Gasteiger partial charge in [0.25, 0.3) is 5.56 Å². The molecule has 4 rings (SSSR count). The number of nitrogens with one attached hydrogen (secondary N) is 1. The van der Waals surface area contributed by atoms with Gasteiger partial charge in [0.2, 0.25) is 0 Å². The smallest absolute Gasteiger partial charge is 0.259 e. The average Bonchev–Trinajstić information content (AvgIpc) is 3.04. The van der Waals surface area contributed by atoms with Crippen molar-refractivity contribution in [3.05, 3.63) is 62.5 Å². The molecule has 2 heterocycles. The third-order valence-electron chi connectivity index (χ3n) is 5.17. The maximum atomic E-state index is 12.7. The van der Waals surface area contributed by atoms with Crippen LogP contribution in [0.4, 0.5) is 0 Å². The Kier molecular flexibility index (Phi) is 5.55. The van der Waals surface area contributed by atoms with E-state index in [1.807, 2.05) is 37.3 Å². The fraction of sp³-hybridized carbons (Fsp3) is 0.381. The highest BCUT2D eigenvalue weighted by atomic mass is 32.2. The van der Waals surface area contributed by atoms with Gasteiger partial charge >= 0.3 is 0 Å². The summed E-state index contributed by atoms with van der Waals surface area (Å²) in [7, 11) is 0. The van der Waals surface area contributed by atoms with Crippen molar-refractivity contribution in [3.8, 4) is 0 Å². The minimum atomic E-state index is -0.0270. The first-order chi connectivity index (χ1) is 13.5. The van der Waals surface area contributed by atoms with Crippen LogP contribution in [0.1, 0.15) is 48.1 Å². The zero-order valence-electron chi connectivity index (χ0n) is 16.1. The van der Waals surface area contributed by atoms with E-state index in [0.717, 1.165) is 35.0 Å². The standard InChI is InChI=1S/C21H24N4OS2/c1-12-8-9-15-16(10-12)28-20-18(15)19(26)24-17(25-20)11-27-21(22)23-13(2)14-6-4-3-5-7-14/h3-7,12-13H,8-11H2,1-2H3,(H2,22,23)(H,24,25,26)/t12-,13+/m0/s1. The minimum Gasteiger partial charge on any atom is -0.379 e. The number of hydrogen-bond donors (Lipinski definition) is 2. The first kappa shape index (κ1) is 19.2. The summed E-state index contributed by atoms with van der Waals surface area (Å²) in [5, 5.41) is 1.29. The van der Waals surface area contributed by atoms with Crippen molar-refractivity contribution < 1.29 is 0 Å². The number of nitrogens with zero attached hydrogens (tertiary/aromatic N) is 2. The second kappa shape index (κ2) is 8.09. The molecule has 0 unspecified atom stereocenters. The van der Waals surface area contributed by atoms with Gasteiger partial charge in [-0.05, 0) is 43.2 Å². The van der Waals surface area contributed by atoms with Gasteiger partial charge in [0.1, 0.15) is 10.7 Å². The third-order valence-corrected chi connectivity index (χ3v) is 7.14. The van der Waals surface area contributed by atoms with E-state index >= 15 is 0 Å². The second-order valence-corrected chi connectivity index (χ2v) is 9.47. The number of aromatic amines is 1. The molecule has 0 spiro atoms. The number of aromatic nitrogens is 2. The van der Waals surface area contributed by atoms with Gasteiger partial charge in [-0.3, -0.25) is 9.79 Å². The molecule has 5 nitrogen and oxygen atoms in total. The number of hydrogen-bond acceptors (Lipinski definition) is 5. The minimum absolute atomic E-state index is 0.00537. The van der Waals surface area contributed by atoms with E-state index in [4.69, 9.17) is 10.7 Å². The zero-order chi connectivity index (χ0) is 19.7. The van der Waals surface area contributed by atoms with Crippen LogP contribution in [0, 0.1) is 5.92 Å². The molecule has 1 aliphatic rings. The van der Waals surface area contributed by atoms with Crippen molar-refractivity contribution in [3.63, 3.8) is 0 Å². The predicted octanol–water partition coefficient (Wildman–Crippen LogP) is 4.42. The maximum absolute atomic E-state index is 12.7. The summed E-state index contributed by atoms with van der Waals surface area (Å²) >= 11 is 3.08. The fourth-order valence-electron chi connectivity index (χ4n) is 3.64. The Labute approximate surface area is 172 Å². The number of aryl methyl sites for hydroxylation is 1. The largest absolute Gasteiger partial charge is 0.379 e. The van der Waals surface area contributed by atoms with Gasteiger partial charge in [-0.25, -0.2) is 4.98 Å². The summed E-state index contributed by atoms with van der Waals surface area (Å²) in [6.45, 7) is 4.29. The van der Waals surface area contributed by atoms with Crippen molar-refractivity contribution >= 4 is 38.5 Å². The summed E-state index contributed by atoms with van der Waals surface area (Å²) in [5.74, 6) is 1.83. The molecule has 146 valence electrons. The Morgan fingerprint density at radius 2 is 2.21 bits per heavy atom. The number of fused-ring (bicyclic) bond motifs is 3. The normalized spacial score (nSPS) is 18.2. The van der Waals surface area contributed by atoms with Crippen molar-refractivity contribution in [2.75, 3.05) is 0 Å². The molecule has 0 amide bonds. The van der Waals surface area contributed by atoms with E-state index < -0.39 is 0 Å². The van der Waals surface area contributed by atoms with Gasteiger partial charge in [-0.15, -0.1) is 11.3 Å². The van der Waals surface area contributed by atoms with Crippen LogP contribution in [-0.4, -0.2) is 15.1 Å². The van der Waals surface area contributed by atoms with Gasteiger partial charge in [-0.1, -0.05) is 49.0 Å². The SMILES string of the molecule is C[C@H]1CCc2c(sc3nc(CSC(N)=N[C@H](C)c4ccccc4)[nH]c(=O)c23)C1. The molecular formula is C21H24N4OS2. The monoisotopic (exact) mass is 412 g/mol. The fourth-order valence-corrected chi connectivity index (χ4v) is 5.69. The van der Waals surface area contributed by atoms with Gasteiger partial charge in [0, 0.05) is 4.88 Å². The number of nitrogens with two attached hydrogens (primary N) is 1.